The molecular weight excluding hydrogens is 396 g/mol. The normalized spacial score (nSPS) is 17.2. The quantitative estimate of drug-likeness (QED) is 0.586. The zero-order valence-corrected chi connectivity index (χ0v) is 13.9. The van der Waals surface area contributed by atoms with Gasteiger partial charge in [-0.1, -0.05) is 15.9 Å². The van der Waals surface area contributed by atoms with E-state index in [2.05, 4.69) is 37.2 Å². The summed E-state index contributed by atoms with van der Waals surface area (Å²) < 4.78 is 1.35. The Labute approximate surface area is 132 Å². The number of nitrogens with one attached hydrogen (secondary N) is 1. The number of amides is 1. The van der Waals surface area contributed by atoms with Gasteiger partial charge in [0.05, 0.1) is 4.47 Å². The van der Waals surface area contributed by atoms with Crippen LogP contribution in [0.15, 0.2) is 26.8 Å². The monoisotopic (exact) mass is 404 g/mol. The Hall–Kier alpha value is -0.920. The van der Waals surface area contributed by atoms with Crippen LogP contribution in [0.5, 0.6) is 5.75 Å². The van der Waals surface area contributed by atoms with Crippen molar-refractivity contribution in [3.63, 3.8) is 0 Å². The fourth-order valence-corrected chi connectivity index (χ4v) is 3.29. The van der Waals surface area contributed by atoms with E-state index in [0.29, 0.717) is 27.4 Å². The standard InChI is InChI=1S/C12H10Br2N2O2S/c1-2-16-11(18)9(15-12(16)19)4-6-3-7(13)5-8(14)10(6)17/h3-5,17H,2H2,1H3,(H,15,19)/b9-4-. The third kappa shape index (κ3) is 2.82. The number of thiocarbonyl (C=S) groups is 1. The van der Waals surface area contributed by atoms with Crippen LogP contribution in [0.2, 0.25) is 0 Å². The SMILES string of the molecule is CCN1C(=O)/C(=C/c2cc(Br)cc(Br)c2O)NC1=S. The number of halogens is 2. The summed E-state index contributed by atoms with van der Waals surface area (Å²) in [6, 6.07) is 3.45. The van der Waals surface area contributed by atoms with Crippen molar-refractivity contribution in [2.24, 2.45) is 0 Å². The first-order valence-corrected chi connectivity index (χ1v) is 7.46. The van der Waals surface area contributed by atoms with Crippen LogP contribution in [0, 0.1) is 0 Å². The molecule has 0 aliphatic carbocycles. The Morgan fingerprint density at radius 2 is 2.16 bits per heavy atom. The third-order valence-electron chi connectivity index (χ3n) is 2.64. The van der Waals surface area contributed by atoms with Crippen molar-refractivity contribution in [1.82, 2.24) is 10.2 Å². The van der Waals surface area contributed by atoms with Crippen molar-refractivity contribution in [3.8, 4) is 5.75 Å². The number of aromatic hydroxyl groups is 1. The van der Waals surface area contributed by atoms with Gasteiger partial charge in [0.15, 0.2) is 5.11 Å². The average molecular weight is 406 g/mol. The number of rotatable bonds is 2. The van der Waals surface area contributed by atoms with Gasteiger partial charge in [0, 0.05) is 16.6 Å². The Balaban J connectivity index is 2.43. The maximum absolute atomic E-state index is 12.0. The van der Waals surface area contributed by atoms with Gasteiger partial charge in [-0.2, -0.15) is 0 Å². The van der Waals surface area contributed by atoms with E-state index in [1.165, 1.54) is 4.90 Å². The van der Waals surface area contributed by atoms with E-state index >= 15 is 0 Å². The lowest BCUT2D eigenvalue weighted by atomic mass is 10.1. The van der Waals surface area contributed by atoms with Gasteiger partial charge in [0.2, 0.25) is 0 Å². The van der Waals surface area contributed by atoms with Crippen molar-refractivity contribution in [2.45, 2.75) is 6.92 Å². The zero-order chi connectivity index (χ0) is 14.2. The van der Waals surface area contributed by atoms with E-state index in [-0.39, 0.29) is 11.7 Å². The molecule has 2 N–H and O–H groups in total. The molecule has 1 amide bonds. The molecule has 1 aromatic carbocycles. The molecule has 1 heterocycles. The van der Waals surface area contributed by atoms with Gasteiger partial charge in [0.1, 0.15) is 11.4 Å². The minimum atomic E-state index is -0.192. The molecule has 1 aliphatic rings. The van der Waals surface area contributed by atoms with Crippen LogP contribution in [0.3, 0.4) is 0 Å². The predicted molar refractivity (Wildman–Crippen MR) is 84.6 cm³/mol. The second-order valence-electron chi connectivity index (χ2n) is 3.86. The van der Waals surface area contributed by atoms with Gasteiger partial charge in [-0.05, 0) is 53.3 Å². The number of carbonyl (C=O) groups excluding carboxylic acids is 1. The molecular formula is C12H10Br2N2O2S. The van der Waals surface area contributed by atoms with Gasteiger partial charge in [-0.15, -0.1) is 0 Å². The van der Waals surface area contributed by atoms with E-state index in [1.54, 1.807) is 18.2 Å². The molecule has 4 nitrogen and oxygen atoms in total. The average Bonchev–Trinajstić information content (AvgIpc) is 2.60. The summed E-state index contributed by atoms with van der Waals surface area (Å²) in [5, 5.41) is 13.2. The van der Waals surface area contributed by atoms with Gasteiger partial charge >= 0.3 is 0 Å². The first-order valence-electron chi connectivity index (χ1n) is 5.46. The van der Waals surface area contributed by atoms with Crippen LogP contribution in [0.1, 0.15) is 12.5 Å². The predicted octanol–water partition coefficient (Wildman–Crippen LogP) is 2.99. The minimum Gasteiger partial charge on any atom is -0.506 e. The van der Waals surface area contributed by atoms with Crippen molar-refractivity contribution >= 4 is 61.2 Å². The lowest BCUT2D eigenvalue weighted by Gasteiger charge is -2.09. The molecule has 2 rings (SSSR count). The molecule has 0 radical (unpaired) electrons. The van der Waals surface area contributed by atoms with Crippen LogP contribution in [-0.2, 0) is 4.79 Å². The third-order valence-corrected chi connectivity index (χ3v) is 4.02. The summed E-state index contributed by atoms with van der Waals surface area (Å²) in [7, 11) is 0. The van der Waals surface area contributed by atoms with Crippen molar-refractivity contribution < 1.29 is 9.90 Å². The van der Waals surface area contributed by atoms with Crippen LogP contribution in [0.4, 0.5) is 0 Å². The van der Waals surface area contributed by atoms with E-state index in [1.807, 2.05) is 6.92 Å². The Morgan fingerprint density at radius 1 is 1.47 bits per heavy atom. The fourth-order valence-electron chi connectivity index (χ4n) is 1.71. The largest absolute Gasteiger partial charge is 0.506 e. The molecule has 1 fully saturated rings. The number of nitrogens with zero attached hydrogens (tertiary/aromatic N) is 1. The van der Waals surface area contributed by atoms with Crippen LogP contribution >= 0.6 is 44.1 Å². The number of hydrogen-bond donors (Lipinski definition) is 2. The lowest BCUT2D eigenvalue weighted by Crippen LogP contribution is -2.30. The number of hydrogen-bond acceptors (Lipinski definition) is 3. The van der Waals surface area contributed by atoms with E-state index in [0.717, 1.165) is 4.47 Å². The minimum absolute atomic E-state index is 0.0752. The highest BCUT2D eigenvalue weighted by atomic mass is 79.9. The summed E-state index contributed by atoms with van der Waals surface area (Å²) in [4.78, 5) is 13.5. The molecule has 0 atom stereocenters. The summed E-state index contributed by atoms with van der Waals surface area (Å²) in [5.41, 5.74) is 0.880. The number of phenols is 1. The van der Waals surface area contributed by atoms with Gasteiger partial charge in [0.25, 0.3) is 5.91 Å². The molecule has 100 valence electrons. The molecule has 1 aliphatic heterocycles. The molecule has 7 heteroatoms. The second-order valence-corrected chi connectivity index (χ2v) is 6.02. The van der Waals surface area contributed by atoms with Crippen LogP contribution in [-0.4, -0.2) is 27.6 Å². The Morgan fingerprint density at radius 3 is 2.74 bits per heavy atom. The molecule has 0 saturated carbocycles. The van der Waals surface area contributed by atoms with E-state index < -0.39 is 0 Å². The molecule has 1 saturated heterocycles. The van der Waals surface area contributed by atoms with Crippen molar-refractivity contribution in [2.75, 3.05) is 6.54 Å². The Kier molecular flexibility index (Phi) is 4.27. The first kappa shape index (κ1) is 14.5. The maximum Gasteiger partial charge on any atom is 0.276 e. The summed E-state index contributed by atoms with van der Waals surface area (Å²) in [6.07, 6.45) is 1.58. The zero-order valence-electron chi connectivity index (χ0n) is 9.91. The molecule has 1 aromatic rings. The van der Waals surface area contributed by atoms with E-state index in [4.69, 9.17) is 12.2 Å². The van der Waals surface area contributed by atoms with Gasteiger partial charge in [-0.25, -0.2) is 0 Å². The molecule has 0 spiro atoms. The highest BCUT2D eigenvalue weighted by Crippen LogP contribution is 2.33. The number of carbonyl (C=O) groups is 1. The smallest absolute Gasteiger partial charge is 0.276 e. The van der Waals surface area contributed by atoms with E-state index in [9.17, 15) is 9.90 Å². The lowest BCUT2D eigenvalue weighted by molar-refractivity contribution is -0.122. The molecule has 19 heavy (non-hydrogen) atoms. The topological polar surface area (TPSA) is 52.6 Å². The molecule has 0 aromatic heterocycles. The van der Waals surface area contributed by atoms with Gasteiger partial charge < -0.3 is 10.4 Å². The second kappa shape index (κ2) is 5.60. The molecule has 0 bridgehead atoms. The van der Waals surface area contributed by atoms with Gasteiger partial charge in [-0.3, -0.25) is 9.69 Å². The van der Waals surface area contributed by atoms with Crippen LogP contribution in [0.25, 0.3) is 6.08 Å². The first-order chi connectivity index (χ1) is 8.93. The van der Waals surface area contributed by atoms with Crippen molar-refractivity contribution in [1.29, 1.82) is 0 Å². The maximum atomic E-state index is 12.0. The van der Waals surface area contributed by atoms with Crippen LogP contribution < -0.4 is 5.32 Å². The summed E-state index contributed by atoms with van der Waals surface area (Å²) in [6.45, 7) is 2.36. The highest BCUT2D eigenvalue weighted by Gasteiger charge is 2.29. The highest BCUT2D eigenvalue weighted by molar-refractivity contribution is 9.11. The van der Waals surface area contributed by atoms with Crippen molar-refractivity contribution in [3.05, 3.63) is 32.3 Å². The fraction of sp³-hybridized carbons (Fsp3) is 0.167. The number of likely N-dealkylation sites (N-methyl/N-ethyl adjacent to an activating group) is 1. The summed E-state index contributed by atoms with van der Waals surface area (Å²) in [5.74, 6) is -0.117. The number of phenolic OH excluding ortho intramolecular Hbond substituents is 1. The molecule has 0 unspecified atom stereocenters. The Bertz CT molecular complexity index is 602. The summed E-state index contributed by atoms with van der Waals surface area (Å²) >= 11 is 11.7. The number of benzene rings is 1.